The molecule has 1 aliphatic rings. The van der Waals surface area contributed by atoms with Crippen molar-refractivity contribution in [2.75, 3.05) is 25.1 Å². The molecule has 1 aromatic carbocycles. The topological polar surface area (TPSA) is 134 Å². The van der Waals surface area contributed by atoms with Gasteiger partial charge in [-0.2, -0.15) is 5.10 Å². The van der Waals surface area contributed by atoms with Crippen molar-refractivity contribution in [2.24, 2.45) is 0 Å². The van der Waals surface area contributed by atoms with Crippen molar-refractivity contribution < 1.29 is 28.6 Å². The van der Waals surface area contributed by atoms with Crippen LogP contribution in [-0.2, 0) is 9.53 Å². The highest BCUT2D eigenvalue weighted by atomic mass is 16.6. The average Bonchev–Trinajstić information content (AvgIpc) is 3.29. The van der Waals surface area contributed by atoms with E-state index < -0.39 is 24.5 Å². The number of rotatable bonds is 6. The molecule has 0 radical (unpaired) electrons. The zero-order chi connectivity index (χ0) is 24.1. The number of amides is 3. The van der Waals surface area contributed by atoms with Gasteiger partial charge in [-0.25, -0.2) is 19.3 Å². The highest BCUT2D eigenvalue weighted by molar-refractivity contribution is 6.02. The number of fused-ring (bicyclic) bond motifs is 1. The van der Waals surface area contributed by atoms with E-state index in [0.717, 1.165) is 0 Å². The summed E-state index contributed by atoms with van der Waals surface area (Å²) < 4.78 is 17.6. The van der Waals surface area contributed by atoms with Crippen LogP contribution in [0.1, 0.15) is 35.8 Å². The maximum Gasteiger partial charge on any atom is 0.342 e. The minimum Gasteiger partial charge on any atom is -0.486 e. The Hall–Kier alpha value is -4.41. The van der Waals surface area contributed by atoms with E-state index in [1.54, 1.807) is 41.2 Å². The third-order valence-electron chi connectivity index (χ3n) is 4.83. The van der Waals surface area contributed by atoms with E-state index in [1.807, 2.05) is 19.9 Å². The Morgan fingerprint density at radius 1 is 1.12 bits per heavy atom. The lowest BCUT2D eigenvalue weighted by Gasteiger charge is -2.19. The number of nitrogens with one attached hydrogen (secondary N) is 2. The van der Waals surface area contributed by atoms with Crippen LogP contribution < -0.4 is 20.1 Å². The van der Waals surface area contributed by atoms with E-state index in [0.29, 0.717) is 41.9 Å². The largest absolute Gasteiger partial charge is 0.486 e. The van der Waals surface area contributed by atoms with Crippen LogP contribution in [0.25, 0.3) is 5.82 Å². The number of nitrogens with zero attached hydrogens (tertiary/aromatic N) is 3. The smallest absolute Gasteiger partial charge is 0.342 e. The number of imide groups is 1. The second-order valence-electron chi connectivity index (χ2n) is 7.63. The third kappa shape index (κ3) is 5.14. The van der Waals surface area contributed by atoms with Crippen LogP contribution in [0, 0.1) is 0 Å². The van der Waals surface area contributed by atoms with Crippen LogP contribution in [0.5, 0.6) is 11.5 Å². The van der Waals surface area contributed by atoms with E-state index >= 15 is 0 Å². The quantitative estimate of drug-likeness (QED) is 0.531. The Balaban J connectivity index is 1.34. The van der Waals surface area contributed by atoms with Gasteiger partial charge in [-0.1, -0.05) is 19.9 Å². The number of benzene rings is 1. The standard InChI is InChI=1S/C23H23N5O6/c1-14(2)21-16(12-25-28(21)19-5-3-4-8-24-19)22(30)34-13-20(29)27-23(31)26-15-6-7-17-18(11-15)33-10-9-32-17/h3-8,11-12,14H,9-10,13H2,1-2H3,(H2,26,27,29,31). The van der Waals surface area contributed by atoms with Gasteiger partial charge in [0.1, 0.15) is 18.8 Å². The van der Waals surface area contributed by atoms with Gasteiger partial charge in [0.15, 0.2) is 23.9 Å². The molecule has 3 heterocycles. The predicted octanol–water partition coefficient (Wildman–Crippen LogP) is 2.67. The summed E-state index contributed by atoms with van der Waals surface area (Å²) in [5.74, 6) is 0.0418. The number of carbonyl (C=O) groups is 3. The van der Waals surface area contributed by atoms with Gasteiger partial charge in [-0.15, -0.1) is 0 Å². The zero-order valence-electron chi connectivity index (χ0n) is 18.6. The summed E-state index contributed by atoms with van der Waals surface area (Å²) in [6.45, 7) is 4.03. The van der Waals surface area contributed by atoms with Crippen LogP contribution in [0.3, 0.4) is 0 Å². The molecule has 11 nitrogen and oxygen atoms in total. The van der Waals surface area contributed by atoms with Gasteiger partial charge in [0.05, 0.1) is 11.9 Å². The number of aromatic nitrogens is 3. The summed E-state index contributed by atoms with van der Waals surface area (Å²) in [5, 5.41) is 8.89. The second kappa shape index (κ2) is 10.0. The van der Waals surface area contributed by atoms with Crippen LogP contribution in [0.2, 0.25) is 0 Å². The highest BCUT2D eigenvalue weighted by Gasteiger charge is 2.23. The van der Waals surface area contributed by atoms with Crippen LogP contribution in [0.15, 0.2) is 48.8 Å². The number of pyridine rings is 1. The number of carbonyl (C=O) groups excluding carboxylic acids is 3. The molecule has 0 saturated carbocycles. The van der Waals surface area contributed by atoms with Gasteiger partial charge in [0.25, 0.3) is 5.91 Å². The molecule has 1 aliphatic heterocycles. The second-order valence-corrected chi connectivity index (χ2v) is 7.63. The fraction of sp³-hybridized carbons (Fsp3) is 0.261. The van der Waals surface area contributed by atoms with Crippen molar-refractivity contribution in [3.05, 3.63) is 60.0 Å². The van der Waals surface area contributed by atoms with E-state index in [9.17, 15) is 14.4 Å². The zero-order valence-corrected chi connectivity index (χ0v) is 18.6. The first-order chi connectivity index (χ1) is 16.4. The summed E-state index contributed by atoms with van der Waals surface area (Å²) in [6, 6.07) is 9.44. The molecule has 3 aromatic rings. The van der Waals surface area contributed by atoms with Crippen molar-refractivity contribution in [2.45, 2.75) is 19.8 Å². The first-order valence-electron chi connectivity index (χ1n) is 10.6. The Morgan fingerprint density at radius 2 is 1.91 bits per heavy atom. The molecule has 0 spiro atoms. The molecule has 0 unspecified atom stereocenters. The first-order valence-corrected chi connectivity index (χ1v) is 10.6. The molecule has 4 rings (SSSR count). The van der Waals surface area contributed by atoms with Crippen molar-refractivity contribution >= 4 is 23.6 Å². The Morgan fingerprint density at radius 3 is 2.65 bits per heavy atom. The molecule has 2 N–H and O–H groups in total. The molecule has 3 amide bonds. The van der Waals surface area contributed by atoms with Crippen molar-refractivity contribution in [1.29, 1.82) is 0 Å². The Labute approximate surface area is 195 Å². The highest BCUT2D eigenvalue weighted by Crippen LogP contribution is 2.32. The molecule has 176 valence electrons. The molecule has 34 heavy (non-hydrogen) atoms. The van der Waals surface area contributed by atoms with E-state index in [2.05, 4.69) is 20.7 Å². The number of ether oxygens (including phenoxy) is 3. The lowest BCUT2D eigenvalue weighted by Crippen LogP contribution is -2.37. The fourth-order valence-electron chi connectivity index (χ4n) is 3.39. The number of hydrogen-bond acceptors (Lipinski definition) is 8. The summed E-state index contributed by atoms with van der Waals surface area (Å²) in [6.07, 6.45) is 3.00. The van der Waals surface area contributed by atoms with Gasteiger partial charge in [-0.3, -0.25) is 10.1 Å². The minimum absolute atomic E-state index is 0.0716. The molecule has 0 bridgehead atoms. The molecule has 2 aromatic heterocycles. The number of urea groups is 1. The lowest BCUT2D eigenvalue weighted by atomic mass is 10.1. The van der Waals surface area contributed by atoms with Crippen molar-refractivity contribution in [1.82, 2.24) is 20.1 Å². The first kappa shape index (κ1) is 22.8. The fourth-order valence-corrected chi connectivity index (χ4v) is 3.39. The summed E-state index contributed by atoms with van der Waals surface area (Å²) in [5.41, 5.74) is 1.23. The molecule has 0 saturated heterocycles. The van der Waals surface area contributed by atoms with Gasteiger partial charge in [-0.05, 0) is 30.2 Å². The number of hydrogen-bond donors (Lipinski definition) is 2. The van der Waals surface area contributed by atoms with Crippen LogP contribution in [0.4, 0.5) is 10.5 Å². The average molecular weight is 465 g/mol. The van der Waals surface area contributed by atoms with Crippen LogP contribution in [-0.4, -0.2) is 52.5 Å². The molecule has 0 fully saturated rings. The van der Waals surface area contributed by atoms with Crippen LogP contribution >= 0.6 is 0 Å². The monoisotopic (exact) mass is 465 g/mol. The molecule has 0 aliphatic carbocycles. The SMILES string of the molecule is CC(C)c1c(C(=O)OCC(=O)NC(=O)Nc2ccc3c(c2)OCCO3)cnn1-c1ccccn1. The number of esters is 1. The van der Waals surface area contributed by atoms with Gasteiger partial charge in [0.2, 0.25) is 0 Å². The normalized spacial score (nSPS) is 12.2. The summed E-state index contributed by atoms with van der Waals surface area (Å²) >= 11 is 0. The maximum absolute atomic E-state index is 12.6. The van der Waals surface area contributed by atoms with Crippen molar-refractivity contribution in [3.8, 4) is 17.3 Å². The van der Waals surface area contributed by atoms with Crippen molar-refractivity contribution in [3.63, 3.8) is 0 Å². The van der Waals surface area contributed by atoms with E-state index in [-0.39, 0.29) is 11.5 Å². The molecule has 0 atom stereocenters. The minimum atomic E-state index is -0.786. The predicted molar refractivity (Wildman–Crippen MR) is 120 cm³/mol. The number of anilines is 1. The third-order valence-corrected chi connectivity index (χ3v) is 4.83. The van der Waals surface area contributed by atoms with E-state index in [4.69, 9.17) is 14.2 Å². The van der Waals surface area contributed by atoms with E-state index in [1.165, 1.54) is 6.20 Å². The Kier molecular flexibility index (Phi) is 6.72. The molecular weight excluding hydrogens is 442 g/mol. The summed E-state index contributed by atoms with van der Waals surface area (Å²) in [7, 11) is 0. The summed E-state index contributed by atoms with van der Waals surface area (Å²) in [4.78, 5) is 41.2. The van der Waals surface area contributed by atoms with Gasteiger partial charge >= 0.3 is 12.0 Å². The lowest BCUT2D eigenvalue weighted by molar-refractivity contribution is -0.123. The molecule has 11 heteroatoms. The molecular formula is C23H23N5O6. The van der Waals surface area contributed by atoms with Gasteiger partial charge in [0, 0.05) is 18.0 Å². The Bertz CT molecular complexity index is 1210. The van der Waals surface area contributed by atoms with Gasteiger partial charge < -0.3 is 19.5 Å². The maximum atomic E-state index is 12.6.